The van der Waals surface area contributed by atoms with E-state index in [-0.39, 0.29) is 10.6 Å². The van der Waals surface area contributed by atoms with Crippen LogP contribution in [-0.4, -0.2) is 36.8 Å². The molecule has 0 fully saturated rings. The zero-order valence-corrected chi connectivity index (χ0v) is 15.6. The summed E-state index contributed by atoms with van der Waals surface area (Å²) in [5.41, 5.74) is -0.209. The number of benzene rings is 2. The fraction of sp³-hybridized carbons (Fsp3) is 0.235. The molecule has 2 rings (SSSR count). The van der Waals surface area contributed by atoms with Crippen molar-refractivity contribution in [2.24, 2.45) is 0 Å². The van der Waals surface area contributed by atoms with Crippen molar-refractivity contribution in [3.8, 4) is 0 Å². The predicted molar refractivity (Wildman–Crippen MR) is 99.9 cm³/mol. The lowest BCUT2D eigenvalue weighted by Crippen LogP contribution is -2.38. The van der Waals surface area contributed by atoms with Gasteiger partial charge in [-0.05, 0) is 31.2 Å². The molecule has 0 bridgehead atoms. The van der Waals surface area contributed by atoms with Gasteiger partial charge in [-0.1, -0.05) is 18.2 Å². The average molecular weight is 394 g/mol. The Balaban J connectivity index is 1.92. The summed E-state index contributed by atoms with van der Waals surface area (Å²) in [6.45, 7) is 1.63. The molecule has 1 amide bonds. The Hall–Kier alpha value is -2.39. The van der Waals surface area contributed by atoms with Gasteiger partial charge in [-0.15, -0.1) is 11.8 Å². The largest absolute Gasteiger partial charge is 0.354 e. The van der Waals surface area contributed by atoms with Crippen molar-refractivity contribution < 1.29 is 18.1 Å². The maximum atomic E-state index is 12.5. The lowest BCUT2D eigenvalue weighted by atomic mass is 10.3. The Morgan fingerprint density at radius 2 is 1.77 bits per heavy atom. The number of nitro benzene ring substituents is 1. The van der Waals surface area contributed by atoms with Gasteiger partial charge in [-0.2, -0.15) is 0 Å². The molecule has 9 heteroatoms. The van der Waals surface area contributed by atoms with Crippen molar-refractivity contribution >= 4 is 33.2 Å². The van der Waals surface area contributed by atoms with Crippen molar-refractivity contribution in [1.82, 2.24) is 5.32 Å². The van der Waals surface area contributed by atoms with Crippen molar-refractivity contribution in [3.63, 3.8) is 0 Å². The standard InChI is InChI=1S/C17H18N2O5S2/c1-13(17(20)18-11-12-25-15-5-3-2-4-6-15)26(23,24)16-9-7-14(8-10-16)19(21)22/h2-10,13H,11-12H2,1H3,(H,18,20). The minimum atomic E-state index is -3.91. The molecule has 2 aromatic rings. The molecule has 1 unspecified atom stereocenters. The molecule has 1 N–H and O–H groups in total. The number of nitro groups is 1. The second kappa shape index (κ2) is 8.81. The van der Waals surface area contributed by atoms with Crippen molar-refractivity contribution in [2.75, 3.05) is 12.3 Å². The molecule has 0 aliphatic rings. The second-order valence-corrected chi connectivity index (χ2v) is 8.83. The lowest BCUT2D eigenvalue weighted by Gasteiger charge is -2.13. The van der Waals surface area contributed by atoms with Gasteiger partial charge < -0.3 is 5.32 Å². The Labute approximate surface area is 155 Å². The van der Waals surface area contributed by atoms with Crippen LogP contribution in [0.3, 0.4) is 0 Å². The zero-order valence-electron chi connectivity index (χ0n) is 14.0. The molecule has 0 aromatic heterocycles. The number of nitrogens with zero attached hydrogens (tertiary/aromatic N) is 1. The van der Waals surface area contributed by atoms with Crippen LogP contribution in [0.4, 0.5) is 5.69 Å². The van der Waals surface area contributed by atoms with E-state index >= 15 is 0 Å². The van der Waals surface area contributed by atoms with E-state index in [2.05, 4.69) is 5.32 Å². The van der Waals surface area contributed by atoms with Gasteiger partial charge in [0.1, 0.15) is 5.25 Å². The molecule has 0 aliphatic heterocycles. The SMILES string of the molecule is CC(C(=O)NCCSc1ccccc1)S(=O)(=O)c1ccc([N+](=O)[O-])cc1. The fourth-order valence-electron chi connectivity index (χ4n) is 2.11. The Bertz CT molecular complexity index is 868. The molecule has 7 nitrogen and oxygen atoms in total. The first-order valence-corrected chi connectivity index (χ1v) is 10.3. The summed E-state index contributed by atoms with van der Waals surface area (Å²) in [5.74, 6) is 0.0112. The third-order valence-corrected chi connectivity index (χ3v) is 6.71. The van der Waals surface area contributed by atoms with Gasteiger partial charge in [0.15, 0.2) is 9.84 Å². The third kappa shape index (κ3) is 5.06. The monoisotopic (exact) mass is 394 g/mol. The molecule has 0 saturated heterocycles. The van der Waals surface area contributed by atoms with Crippen LogP contribution >= 0.6 is 11.8 Å². The molecule has 0 radical (unpaired) electrons. The van der Waals surface area contributed by atoms with E-state index in [9.17, 15) is 23.3 Å². The van der Waals surface area contributed by atoms with E-state index in [1.54, 1.807) is 11.8 Å². The Kier molecular flexibility index (Phi) is 6.76. The predicted octanol–water partition coefficient (Wildman–Crippen LogP) is 2.67. The summed E-state index contributed by atoms with van der Waals surface area (Å²) in [6.07, 6.45) is 0. The zero-order chi connectivity index (χ0) is 19.2. The molecule has 0 heterocycles. The van der Waals surface area contributed by atoms with Gasteiger partial charge in [0.25, 0.3) is 5.69 Å². The van der Waals surface area contributed by atoms with Crippen molar-refractivity contribution in [1.29, 1.82) is 0 Å². The Morgan fingerprint density at radius 1 is 1.15 bits per heavy atom. The van der Waals surface area contributed by atoms with Gasteiger partial charge in [0, 0.05) is 29.3 Å². The van der Waals surface area contributed by atoms with E-state index in [4.69, 9.17) is 0 Å². The molecule has 26 heavy (non-hydrogen) atoms. The molecule has 138 valence electrons. The van der Waals surface area contributed by atoms with Crippen LogP contribution in [0.15, 0.2) is 64.4 Å². The van der Waals surface area contributed by atoms with E-state index in [1.165, 1.54) is 6.92 Å². The molecule has 0 spiro atoms. The summed E-state index contributed by atoms with van der Waals surface area (Å²) in [7, 11) is -3.91. The molecule has 0 aliphatic carbocycles. The third-order valence-electron chi connectivity index (χ3n) is 3.62. The molecule has 0 saturated carbocycles. The number of sulfone groups is 1. The van der Waals surface area contributed by atoms with Gasteiger partial charge in [0.05, 0.1) is 9.82 Å². The summed E-state index contributed by atoms with van der Waals surface area (Å²) in [5, 5.41) is 12.0. The number of rotatable bonds is 8. The minimum Gasteiger partial charge on any atom is -0.354 e. The lowest BCUT2D eigenvalue weighted by molar-refractivity contribution is -0.384. The topological polar surface area (TPSA) is 106 Å². The fourth-order valence-corrected chi connectivity index (χ4v) is 4.18. The number of carbonyl (C=O) groups is 1. The maximum absolute atomic E-state index is 12.5. The van der Waals surface area contributed by atoms with Crippen molar-refractivity contribution in [3.05, 3.63) is 64.7 Å². The van der Waals surface area contributed by atoms with Gasteiger partial charge in [-0.25, -0.2) is 8.42 Å². The van der Waals surface area contributed by atoms with Crippen LogP contribution < -0.4 is 5.32 Å². The van der Waals surface area contributed by atoms with E-state index < -0.39 is 25.9 Å². The highest BCUT2D eigenvalue weighted by Crippen LogP contribution is 2.20. The maximum Gasteiger partial charge on any atom is 0.269 e. The van der Waals surface area contributed by atoms with Crippen molar-refractivity contribution in [2.45, 2.75) is 22.0 Å². The average Bonchev–Trinajstić information content (AvgIpc) is 2.65. The normalized spacial score (nSPS) is 12.3. The highest BCUT2D eigenvalue weighted by atomic mass is 32.2. The van der Waals surface area contributed by atoms with Crippen LogP contribution in [0.5, 0.6) is 0 Å². The number of thioether (sulfide) groups is 1. The van der Waals surface area contributed by atoms with Crippen LogP contribution in [0.1, 0.15) is 6.92 Å². The first kappa shape index (κ1) is 19.9. The number of non-ortho nitro benzene ring substituents is 1. The van der Waals surface area contributed by atoms with Crippen LogP contribution in [-0.2, 0) is 14.6 Å². The number of nitrogens with one attached hydrogen (secondary N) is 1. The quantitative estimate of drug-likeness (QED) is 0.319. The minimum absolute atomic E-state index is 0.121. The first-order chi connectivity index (χ1) is 12.3. The molecular formula is C17H18N2O5S2. The summed E-state index contributed by atoms with van der Waals surface area (Å²) in [4.78, 5) is 23.1. The summed E-state index contributed by atoms with van der Waals surface area (Å²) in [6, 6.07) is 14.1. The van der Waals surface area contributed by atoms with Crippen LogP contribution in [0, 0.1) is 10.1 Å². The highest BCUT2D eigenvalue weighted by Gasteiger charge is 2.29. The van der Waals surface area contributed by atoms with Gasteiger partial charge in [-0.3, -0.25) is 14.9 Å². The first-order valence-electron chi connectivity index (χ1n) is 7.76. The number of hydrogen-bond acceptors (Lipinski definition) is 6. The number of hydrogen-bond donors (Lipinski definition) is 1. The molecular weight excluding hydrogens is 376 g/mol. The summed E-state index contributed by atoms with van der Waals surface area (Å²) >= 11 is 1.55. The smallest absolute Gasteiger partial charge is 0.269 e. The van der Waals surface area contributed by atoms with E-state index in [0.717, 1.165) is 29.2 Å². The second-order valence-electron chi connectivity index (χ2n) is 5.39. The van der Waals surface area contributed by atoms with Crippen LogP contribution in [0.2, 0.25) is 0 Å². The number of carbonyl (C=O) groups excluding carboxylic acids is 1. The van der Waals surface area contributed by atoms with Gasteiger partial charge in [0.2, 0.25) is 5.91 Å². The van der Waals surface area contributed by atoms with Crippen LogP contribution in [0.25, 0.3) is 0 Å². The Morgan fingerprint density at radius 3 is 2.35 bits per heavy atom. The number of amides is 1. The van der Waals surface area contributed by atoms with E-state index in [1.807, 2.05) is 30.3 Å². The van der Waals surface area contributed by atoms with E-state index in [0.29, 0.717) is 12.3 Å². The molecule has 1 atom stereocenters. The highest BCUT2D eigenvalue weighted by molar-refractivity contribution is 7.99. The molecule has 2 aromatic carbocycles. The van der Waals surface area contributed by atoms with Gasteiger partial charge >= 0.3 is 0 Å². The summed E-state index contributed by atoms with van der Waals surface area (Å²) < 4.78 is 24.9.